The van der Waals surface area contributed by atoms with Crippen LogP contribution in [-0.4, -0.2) is 28.7 Å². The van der Waals surface area contributed by atoms with Gasteiger partial charge in [0.15, 0.2) is 5.69 Å². The van der Waals surface area contributed by atoms with Crippen molar-refractivity contribution in [1.29, 1.82) is 0 Å². The summed E-state index contributed by atoms with van der Waals surface area (Å²) in [6, 6.07) is 5.08. The molecule has 0 saturated heterocycles. The van der Waals surface area contributed by atoms with Gasteiger partial charge in [-0.3, -0.25) is 4.40 Å². The van der Waals surface area contributed by atoms with Crippen LogP contribution in [0.1, 0.15) is 16.3 Å². The summed E-state index contributed by atoms with van der Waals surface area (Å²) in [5, 5.41) is 0. The van der Waals surface area contributed by atoms with E-state index in [-0.39, 0.29) is 12.1 Å². The molecule has 88 valence electrons. The van der Waals surface area contributed by atoms with Gasteiger partial charge in [0.05, 0.1) is 19.0 Å². The third kappa shape index (κ3) is 1.73. The Morgan fingerprint density at radius 1 is 1.59 bits per heavy atom. The molecular formula is C11H11N3O3. The molecule has 0 amide bonds. The average Bonchev–Trinajstić information content (AvgIpc) is 2.69. The number of hydrogen-bond donors (Lipinski definition) is 1. The van der Waals surface area contributed by atoms with Crippen molar-refractivity contribution in [1.82, 2.24) is 9.38 Å². The molecule has 17 heavy (non-hydrogen) atoms. The molecule has 0 spiro atoms. The van der Waals surface area contributed by atoms with E-state index in [2.05, 4.69) is 9.72 Å². The number of ether oxygens (including phenoxy) is 1. The number of esters is 1. The van der Waals surface area contributed by atoms with Crippen LogP contribution in [0.25, 0.3) is 5.52 Å². The van der Waals surface area contributed by atoms with E-state index in [4.69, 9.17) is 5.73 Å². The number of methoxy groups -OCH3 is 1. The van der Waals surface area contributed by atoms with Crippen LogP contribution in [0.5, 0.6) is 0 Å². The Hall–Kier alpha value is -2.37. The third-order valence-electron chi connectivity index (χ3n) is 2.41. The summed E-state index contributed by atoms with van der Waals surface area (Å²) in [7, 11) is 1.28. The minimum Gasteiger partial charge on any atom is -0.464 e. The van der Waals surface area contributed by atoms with E-state index in [0.717, 1.165) is 0 Å². The second-order valence-corrected chi connectivity index (χ2v) is 3.41. The number of hydrogen-bond acceptors (Lipinski definition) is 5. The van der Waals surface area contributed by atoms with E-state index in [1.54, 1.807) is 22.6 Å². The maximum atomic E-state index is 11.5. The van der Waals surface area contributed by atoms with E-state index in [9.17, 15) is 9.59 Å². The topological polar surface area (TPSA) is 86.7 Å². The molecule has 6 heteroatoms. The van der Waals surface area contributed by atoms with Gasteiger partial charge in [-0.1, -0.05) is 6.07 Å². The maximum Gasteiger partial charge on any atom is 0.358 e. The fraction of sp³-hybridized carbons (Fsp3) is 0.182. The summed E-state index contributed by atoms with van der Waals surface area (Å²) in [5.41, 5.74) is 6.50. The molecule has 0 radical (unpaired) electrons. The highest BCUT2D eigenvalue weighted by Gasteiger charge is 2.18. The molecule has 0 aromatic carbocycles. The van der Waals surface area contributed by atoms with Gasteiger partial charge in [0.25, 0.3) is 0 Å². The first kappa shape index (κ1) is 11.1. The molecule has 2 aromatic rings. The number of anilines is 1. The van der Waals surface area contributed by atoms with Crippen molar-refractivity contribution in [2.45, 2.75) is 6.42 Å². The van der Waals surface area contributed by atoms with Crippen molar-refractivity contribution >= 4 is 23.6 Å². The van der Waals surface area contributed by atoms with Gasteiger partial charge in [0.2, 0.25) is 0 Å². The summed E-state index contributed by atoms with van der Waals surface area (Å²) >= 11 is 0. The standard InChI is InChI=1S/C11H11N3O3/c1-17-11(16)10-7-3-2-4-8(12)14(7)9(13-10)5-6-15/h2-4,6H,5,12H2,1H3. The predicted octanol–water partition coefficient (Wildman–Crippen LogP) is 0.444. The minimum absolute atomic E-state index is 0.0897. The monoisotopic (exact) mass is 233 g/mol. The van der Waals surface area contributed by atoms with Crippen LogP contribution in [0.2, 0.25) is 0 Å². The van der Waals surface area contributed by atoms with Gasteiger partial charge in [0.1, 0.15) is 17.9 Å². The quantitative estimate of drug-likeness (QED) is 0.614. The highest BCUT2D eigenvalue weighted by atomic mass is 16.5. The van der Waals surface area contributed by atoms with Gasteiger partial charge in [-0.2, -0.15) is 0 Å². The molecule has 0 unspecified atom stereocenters. The summed E-state index contributed by atoms with van der Waals surface area (Å²) in [6.45, 7) is 0. The Labute approximate surface area is 97.0 Å². The van der Waals surface area contributed by atoms with Crippen molar-refractivity contribution in [2.75, 3.05) is 12.8 Å². The lowest BCUT2D eigenvalue weighted by molar-refractivity contribution is -0.107. The third-order valence-corrected chi connectivity index (χ3v) is 2.41. The van der Waals surface area contributed by atoms with Crippen molar-refractivity contribution in [3.05, 3.63) is 29.7 Å². The molecule has 0 aliphatic heterocycles. The molecule has 0 atom stereocenters. The Balaban J connectivity index is 2.74. The molecule has 0 bridgehead atoms. The van der Waals surface area contributed by atoms with Gasteiger partial charge < -0.3 is 15.3 Å². The zero-order valence-electron chi connectivity index (χ0n) is 9.21. The predicted molar refractivity (Wildman–Crippen MR) is 60.7 cm³/mol. The van der Waals surface area contributed by atoms with Crippen LogP contribution < -0.4 is 5.73 Å². The van der Waals surface area contributed by atoms with E-state index in [1.165, 1.54) is 7.11 Å². The highest BCUT2D eigenvalue weighted by Crippen LogP contribution is 2.18. The Bertz CT molecular complexity index is 589. The minimum atomic E-state index is -0.551. The highest BCUT2D eigenvalue weighted by molar-refractivity contribution is 5.95. The van der Waals surface area contributed by atoms with Gasteiger partial charge >= 0.3 is 5.97 Å². The SMILES string of the molecule is COC(=O)c1nc(CC=O)n2c(N)cccc12. The number of nitrogens with zero attached hydrogens (tertiary/aromatic N) is 2. The number of nitrogen functional groups attached to an aromatic ring is 1. The zero-order valence-corrected chi connectivity index (χ0v) is 9.21. The summed E-state index contributed by atoms with van der Waals surface area (Å²) in [5.74, 6) is 0.292. The molecule has 0 fully saturated rings. The van der Waals surface area contributed by atoms with Gasteiger partial charge in [-0.15, -0.1) is 0 Å². The molecule has 2 aromatic heterocycles. The Kier molecular flexibility index (Phi) is 2.78. The van der Waals surface area contributed by atoms with Gasteiger partial charge in [0, 0.05) is 0 Å². The Morgan fingerprint density at radius 2 is 2.35 bits per heavy atom. The van der Waals surface area contributed by atoms with Crippen LogP contribution >= 0.6 is 0 Å². The zero-order chi connectivity index (χ0) is 12.4. The van der Waals surface area contributed by atoms with Crippen LogP contribution in [0, 0.1) is 0 Å². The van der Waals surface area contributed by atoms with Crippen LogP contribution in [-0.2, 0) is 16.0 Å². The second kappa shape index (κ2) is 4.25. The molecule has 0 aliphatic carbocycles. The number of pyridine rings is 1. The Morgan fingerprint density at radius 3 is 3.00 bits per heavy atom. The first-order chi connectivity index (χ1) is 8.19. The lowest BCUT2D eigenvalue weighted by Gasteiger charge is -2.01. The number of imidazole rings is 1. The molecular weight excluding hydrogens is 222 g/mol. The number of fused-ring (bicyclic) bond motifs is 1. The normalized spacial score (nSPS) is 10.4. The van der Waals surface area contributed by atoms with Crippen molar-refractivity contribution in [3.8, 4) is 0 Å². The molecule has 2 rings (SSSR count). The smallest absolute Gasteiger partial charge is 0.358 e. The van der Waals surface area contributed by atoms with E-state index < -0.39 is 5.97 Å². The first-order valence-corrected chi connectivity index (χ1v) is 4.96. The van der Waals surface area contributed by atoms with Crippen LogP contribution in [0.15, 0.2) is 18.2 Å². The summed E-state index contributed by atoms with van der Waals surface area (Å²) in [6.07, 6.45) is 0.800. The molecule has 2 heterocycles. The number of aromatic nitrogens is 2. The summed E-state index contributed by atoms with van der Waals surface area (Å²) < 4.78 is 6.20. The molecule has 2 N–H and O–H groups in total. The number of carbonyl (C=O) groups excluding carboxylic acids is 2. The van der Waals surface area contributed by atoms with E-state index >= 15 is 0 Å². The van der Waals surface area contributed by atoms with E-state index in [1.807, 2.05) is 0 Å². The van der Waals surface area contributed by atoms with E-state index in [0.29, 0.717) is 23.4 Å². The van der Waals surface area contributed by atoms with Crippen LogP contribution in [0.3, 0.4) is 0 Å². The average molecular weight is 233 g/mol. The van der Waals surface area contributed by atoms with Crippen molar-refractivity contribution < 1.29 is 14.3 Å². The fourth-order valence-corrected chi connectivity index (χ4v) is 1.69. The van der Waals surface area contributed by atoms with Crippen molar-refractivity contribution in [2.24, 2.45) is 0 Å². The fourth-order valence-electron chi connectivity index (χ4n) is 1.69. The number of aldehydes is 1. The second-order valence-electron chi connectivity index (χ2n) is 3.41. The lowest BCUT2D eigenvalue weighted by Crippen LogP contribution is -2.02. The first-order valence-electron chi connectivity index (χ1n) is 4.96. The molecule has 6 nitrogen and oxygen atoms in total. The van der Waals surface area contributed by atoms with Gasteiger partial charge in [-0.05, 0) is 12.1 Å². The number of nitrogens with two attached hydrogens (primary N) is 1. The molecule has 0 aliphatic rings. The largest absolute Gasteiger partial charge is 0.464 e. The lowest BCUT2D eigenvalue weighted by atomic mass is 10.3. The molecule has 0 saturated carbocycles. The summed E-state index contributed by atoms with van der Waals surface area (Å²) in [4.78, 5) is 26.2. The van der Waals surface area contributed by atoms with Crippen LogP contribution in [0.4, 0.5) is 5.82 Å². The number of carbonyl (C=O) groups is 2. The number of rotatable bonds is 3. The maximum absolute atomic E-state index is 11.5. The van der Waals surface area contributed by atoms with Crippen molar-refractivity contribution in [3.63, 3.8) is 0 Å². The van der Waals surface area contributed by atoms with Gasteiger partial charge in [-0.25, -0.2) is 9.78 Å².